The number of nitrogens with zero attached hydrogens (tertiary/aromatic N) is 4. The van der Waals surface area contributed by atoms with Gasteiger partial charge in [0.25, 0.3) is 0 Å². The van der Waals surface area contributed by atoms with Gasteiger partial charge >= 0.3 is 0 Å². The number of aromatic nitrogens is 3. The van der Waals surface area contributed by atoms with E-state index in [1.54, 1.807) is 0 Å². The molecule has 0 radical (unpaired) electrons. The molecule has 1 aliphatic heterocycles. The lowest BCUT2D eigenvalue weighted by atomic mass is 9.72. The van der Waals surface area contributed by atoms with Crippen LogP contribution in [0.25, 0.3) is 0 Å². The minimum Gasteiger partial charge on any atom is -0.354 e. The zero-order chi connectivity index (χ0) is 21.8. The van der Waals surface area contributed by atoms with Crippen molar-refractivity contribution in [1.29, 1.82) is 0 Å². The third-order valence-corrected chi connectivity index (χ3v) is 7.16. The Morgan fingerprint density at radius 1 is 0.967 bits per heavy atom. The van der Waals surface area contributed by atoms with Gasteiger partial charge in [-0.25, -0.2) is 0 Å². The van der Waals surface area contributed by atoms with Gasteiger partial charge in [-0.05, 0) is 95.3 Å². The van der Waals surface area contributed by atoms with E-state index in [1.165, 1.54) is 51.4 Å². The van der Waals surface area contributed by atoms with Crippen molar-refractivity contribution < 1.29 is 4.84 Å². The van der Waals surface area contributed by atoms with Crippen molar-refractivity contribution in [1.82, 2.24) is 20.0 Å². The van der Waals surface area contributed by atoms with Gasteiger partial charge in [0.2, 0.25) is 16.5 Å². The van der Waals surface area contributed by atoms with Crippen molar-refractivity contribution in [2.75, 3.05) is 11.9 Å². The molecular formula is C22H37Cl2N5O. The molecule has 2 fully saturated rings. The molecule has 6 nitrogen and oxygen atoms in total. The molecule has 2 heterocycles. The lowest BCUT2D eigenvalue weighted by molar-refractivity contribution is -0.320. The van der Waals surface area contributed by atoms with Crippen molar-refractivity contribution >= 4 is 29.2 Å². The smallest absolute Gasteiger partial charge is 0.228 e. The van der Waals surface area contributed by atoms with Crippen molar-refractivity contribution in [3.05, 3.63) is 10.6 Å². The minimum absolute atomic E-state index is 0.0296. The highest BCUT2D eigenvalue weighted by Crippen LogP contribution is 2.45. The van der Waals surface area contributed by atoms with Crippen LogP contribution in [-0.2, 0) is 4.84 Å². The summed E-state index contributed by atoms with van der Waals surface area (Å²) in [7, 11) is 0. The highest BCUT2D eigenvalue weighted by Gasteiger charge is 2.48. The van der Waals surface area contributed by atoms with Crippen LogP contribution in [0.3, 0.4) is 0 Å². The van der Waals surface area contributed by atoms with Gasteiger partial charge in [0.15, 0.2) is 0 Å². The van der Waals surface area contributed by atoms with Gasteiger partial charge in [0.05, 0.1) is 6.10 Å². The number of nitrogens with one attached hydrogen (secondary N) is 1. The molecule has 30 heavy (non-hydrogen) atoms. The molecule has 1 aliphatic carbocycles. The Balaban J connectivity index is 1.50. The number of hydrogen-bond acceptors (Lipinski definition) is 6. The van der Waals surface area contributed by atoms with Gasteiger partial charge in [-0.3, -0.25) is 4.84 Å². The van der Waals surface area contributed by atoms with Crippen LogP contribution in [0.2, 0.25) is 10.6 Å². The molecule has 2 aliphatic rings. The quantitative estimate of drug-likeness (QED) is 0.462. The van der Waals surface area contributed by atoms with Crippen LogP contribution in [0.15, 0.2) is 0 Å². The number of hydroxylamine groups is 2. The molecule has 1 saturated heterocycles. The molecule has 0 aromatic carbocycles. The standard InChI is InChI=1S/C22H37Cl2N5O/c1-21(2)14-13-16(22(3,4)29(21)30-17-11-6-5-7-12-17)10-8-9-15-25-20-27-18(23)26-19(24)28-20/h16-17H,5-15H2,1-4H3,(H,25,26,27,28). The third-order valence-electron chi connectivity index (χ3n) is 6.83. The first kappa shape index (κ1) is 24.0. The Hall–Kier alpha value is -0.690. The normalized spacial score (nSPS) is 24.7. The van der Waals surface area contributed by atoms with Crippen molar-refractivity contribution in [2.45, 2.75) is 109 Å². The van der Waals surface area contributed by atoms with E-state index in [-0.39, 0.29) is 21.6 Å². The average Bonchev–Trinajstić information content (AvgIpc) is 2.67. The van der Waals surface area contributed by atoms with Gasteiger partial charge in [-0.2, -0.15) is 20.0 Å². The van der Waals surface area contributed by atoms with Crippen LogP contribution in [0.5, 0.6) is 0 Å². The van der Waals surface area contributed by atoms with Crippen molar-refractivity contribution in [3.8, 4) is 0 Å². The van der Waals surface area contributed by atoms with Crippen LogP contribution in [0.1, 0.15) is 91.9 Å². The number of piperidine rings is 1. The predicted octanol–water partition coefficient (Wildman–Crippen LogP) is 6.29. The number of rotatable bonds is 8. The Labute approximate surface area is 191 Å². The molecule has 1 atom stereocenters. The molecule has 1 aromatic rings. The third kappa shape index (κ3) is 6.18. The number of hydrogen-bond donors (Lipinski definition) is 1. The summed E-state index contributed by atoms with van der Waals surface area (Å²) in [5, 5.41) is 5.79. The Kier molecular flexibility index (Phi) is 8.21. The molecule has 0 bridgehead atoms. The molecule has 3 rings (SSSR count). The first-order valence-corrected chi connectivity index (χ1v) is 12.2. The summed E-state index contributed by atoms with van der Waals surface area (Å²) in [6, 6.07) is 0. The molecule has 8 heteroatoms. The van der Waals surface area contributed by atoms with Gasteiger partial charge in [-0.15, -0.1) is 0 Å². The molecule has 0 amide bonds. The van der Waals surface area contributed by atoms with Crippen LogP contribution < -0.4 is 5.32 Å². The first-order chi connectivity index (χ1) is 14.2. The van der Waals surface area contributed by atoms with E-state index in [1.807, 2.05) is 0 Å². The maximum absolute atomic E-state index is 6.67. The van der Waals surface area contributed by atoms with Crippen LogP contribution in [-0.4, -0.2) is 43.7 Å². The van der Waals surface area contributed by atoms with Crippen LogP contribution >= 0.6 is 23.2 Å². The number of unbranched alkanes of at least 4 members (excludes halogenated alkanes) is 1. The Morgan fingerprint density at radius 2 is 1.63 bits per heavy atom. The summed E-state index contributed by atoms with van der Waals surface area (Å²) < 4.78 is 0. The molecule has 1 unspecified atom stereocenters. The second kappa shape index (κ2) is 10.3. The molecule has 1 aromatic heterocycles. The summed E-state index contributed by atoms with van der Waals surface area (Å²) in [6.07, 6.45) is 12.5. The fraction of sp³-hybridized carbons (Fsp3) is 0.864. The maximum atomic E-state index is 6.67. The van der Waals surface area contributed by atoms with E-state index < -0.39 is 0 Å². The maximum Gasteiger partial charge on any atom is 0.228 e. The fourth-order valence-corrected chi connectivity index (χ4v) is 5.51. The fourth-order valence-electron chi connectivity index (χ4n) is 5.14. The number of anilines is 1. The highest BCUT2D eigenvalue weighted by atomic mass is 35.5. The van der Waals surface area contributed by atoms with Crippen molar-refractivity contribution in [2.24, 2.45) is 5.92 Å². The molecule has 1 saturated carbocycles. The topological polar surface area (TPSA) is 63.2 Å². The summed E-state index contributed by atoms with van der Waals surface area (Å²) in [4.78, 5) is 18.5. The van der Waals surface area contributed by atoms with Gasteiger partial charge < -0.3 is 5.32 Å². The zero-order valence-electron chi connectivity index (χ0n) is 18.9. The SMILES string of the molecule is CC1(C)CCC(CCCCNc2nc(Cl)nc(Cl)n2)C(C)(C)N1OC1CCCCC1. The average molecular weight is 458 g/mol. The summed E-state index contributed by atoms with van der Waals surface area (Å²) in [6.45, 7) is 10.2. The van der Waals surface area contributed by atoms with Crippen LogP contribution in [0.4, 0.5) is 5.95 Å². The monoisotopic (exact) mass is 457 g/mol. The second-order valence-electron chi connectivity index (χ2n) is 9.98. The number of halogens is 2. The van der Waals surface area contributed by atoms with Gasteiger partial charge in [0.1, 0.15) is 0 Å². The first-order valence-electron chi connectivity index (χ1n) is 11.5. The molecule has 1 N–H and O–H groups in total. The second-order valence-corrected chi connectivity index (χ2v) is 10.7. The van der Waals surface area contributed by atoms with Crippen molar-refractivity contribution in [3.63, 3.8) is 0 Å². The lowest BCUT2D eigenvalue weighted by Gasteiger charge is -2.56. The van der Waals surface area contributed by atoms with Gasteiger partial charge in [0, 0.05) is 17.6 Å². The van der Waals surface area contributed by atoms with E-state index in [4.69, 9.17) is 28.0 Å². The van der Waals surface area contributed by atoms with E-state index in [0.29, 0.717) is 18.0 Å². The predicted molar refractivity (Wildman–Crippen MR) is 123 cm³/mol. The lowest BCUT2D eigenvalue weighted by Crippen LogP contribution is -2.63. The molecule has 170 valence electrons. The van der Waals surface area contributed by atoms with E-state index in [0.717, 1.165) is 19.4 Å². The van der Waals surface area contributed by atoms with Gasteiger partial charge in [-0.1, -0.05) is 25.7 Å². The highest BCUT2D eigenvalue weighted by molar-refractivity contribution is 6.31. The minimum atomic E-state index is 0.0296. The molecule has 0 spiro atoms. The Morgan fingerprint density at radius 3 is 2.30 bits per heavy atom. The largest absolute Gasteiger partial charge is 0.354 e. The summed E-state index contributed by atoms with van der Waals surface area (Å²) in [5.74, 6) is 1.06. The van der Waals surface area contributed by atoms with E-state index >= 15 is 0 Å². The Bertz CT molecular complexity index is 674. The van der Waals surface area contributed by atoms with Crippen LogP contribution in [0, 0.1) is 5.92 Å². The molecular weight excluding hydrogens is 421 g/mol. The van der Waals surface area contributed by atoms with E-state index in [9.17, 15) is 0 Å². The van der Waals surface area contributed by atoms with E-state index in [2.05, 4.69) is 53.0 Å². The zero-order valence-corrected chi connectivity index (χ0v) is 20.4. The summed E-state index contributed by atoms with van der Waals surface area (Å²) in [5.41, 5.74) is 0.109. The summed E-state index contributed by atoms with van der Waals surface area (Å²) >= 11 is 11.7.